The molecule has 1 unspecified atom stereocenters. The van der Waals surface area contributed by atoms with Crippen molar-refractivity contribution in [2.45, 2.75) is 98.3 Å². The zero-order valence-electron chi connectivity index (χ0n) is 22.9. The molecule has 4 heteroatoms. The molecule has 0 saturated heterocycles. The number of esters is 1. The summed E-state index contributed by atoms with van der Waals surface area (Å²) in [4.78, 5) is 25.2. The Hall–Kier alpha value is -2.62. The van der Waals surface area contributed by atoms with Crippen molar-refractivity contribution in [1.82, 2.24) is 0 Å². The van der Waals surface area contributed by atoms with Gasteiger partial charge in [-0.2, -0.15) is 0 Å². The first-order valence-electron chi connectivity index (χ1n) is 14.0. The molecule has 4 nitrogen and oxygen atoms in total. The van der Waals surface area contributed by atoms with Gasteiger partial charge in [-0.25, -0.2) is 4.79 Å². The summed E-state index contributed by atoms with van der Waals surface area (Å²) in [5.74, 6) is 1.56. The summed E-state index contributed by atoms with van der Waals surface area (Å²) in [5, 5.41) is 0. The first-order valence-corrected chi connectivity index (χ1v) is 14.0. The standard InChI is InChI=1S/C32H46O4/c1-5-6-7-8-9-10-11-12-24-35-29-20-18-28(19-21-29)32(34)36-30-22-16-27(17-23-30)31(33)26(4)15-13-14-25(2)3/h16-23,25-26H,5-15,24H2,1-4H3. The topological polar surface area (TPSA) is 52.6 Å². The summed E-state index contributed by atoms with van der Waals surface area (Å²) >= 11 is 0. The third-order valence-electron chi connectivity index (χ3n) is 6.57. The van der Waals surface area contributed by atoms with Gasteiger partial charge in [0.05, 0.1) is 12.2 Å². The molecule has 2 aromatic rings. The molecule has 198 valence electrons. The summed E-state index contributed by atoms with van der Waals surface area (Å²) in [5.41, 5.74) is 1.12. The molecule has 36 heavy (non-hydrogen) atoms. The van der Waals surface area contributed by atoms with E-state index >= 15 is 0 Å². The number of carbonyl (C=O) groups excluding carboxylic acids is 2. The summed E-state index contributed by atoms with van der Waals surface area (Å²) in [7, 11) is 0. The van der Waals surface area contributed by atoms with Crippen LogP contribution in [-0.2, 0) is 0 Å². The van der Waals surface area contributed by atoms with E-state index in [9.17, 15) is 9.59 Å². The van der Waals surface area contributed by atoms with Gasteiger partial charge in [-0.1, -0.05) is 85.5 Å². The number of hydrogen-bond acceptors (Lipinski definition) is 4. The Morgan fingerprint density at radius 3 is 1.83 bits per heavy atom. The molecule has 1 atom stereocenters. The summed E-state index contributed by atoms with van der Waals surface area (Å²) < 4.78 is 11.3. The van der Waals surface area contributed by atoms with E-state index in [-0.39, 0.29) is 11.7 Å². The largest absolute Gasteiger partial charge is 0.494 e. The Morgan fingerprint density at radius 2 is 1.22 bits per heavy atom. The van der Waals surface area contributed by atoms with Crippen LogP contribution in [0.5, 0.6) is 11.5 Å². The molecule has 0 spiro atoms. The molecule has 0 saturated carbocycles. The van der Waals surface area contributed by atoms with Crippen molar-refractivity contribution >= 4 is 11.8 Å². The van der Waals surface area contributed by atoms with Crippen molar-refractivity contribution in [1.29, 1.82) is 0 Å². The molecule has 0 aliphatic carbocycles. The summed E-state index contributed by atoms with van der Waals surface area (Å²) in [6, 6.07) is 13.9. The Bertz CT molecular complexity index is 883. The predicted molar refractivity (Wildman–Crippen MR) is 148 cm³/mol. The van der Waals surface area contributed by atoms with E-state index in [4.69, 9.17) is 9.47 Å². The second kappa shape index (κ2) is 16.9. The highest BCUT2D eigenvalue weighted by atomic mass is 16.5. The van der Waals surface area contributed by atoms with Crippen LogP contribution in [0.1, 0.15) is 119 Å². The zero-order chi connectivity index (χ0) is 26.2. The monoisotopic (exact) mass is 494 g/mol. The third kappa shape index (κ3) is 11.4. The van der Waals surface area contributed by atoms with Crippen LogP contribution in [0.15, 0.2) is 48.5 Å². The van der Waals surface area contributed by atoms with Gasteiger partial charge in [0.25, 0.3) is 0 Å². The van der Waals surface area contributed by atoms with Gasteiger partial charge in [0.2, 0.25) is 0 Å². The fourth-order valence-electron chi connectivity index (χ4n) is 4.21. The minimum absolute atomic E-state index is 0.00608. The van der Waals surface area contributed by atoms with Crippen molar-refractivity contribution in [2.24, 2.45) is 11.8 Å². The number of ketones is 1. The van der Waals surface area contributed by atoms with Crippen LogP contribution in [0.2, 0.25) is 0 Å². The molecule has 0 heterocycles. The van der Waals surface area contributed by atoms with Crippen LogP contribution in [0.3, 0.4) is 0 Å². The lowest BCUT2D eigenvalue weighted by Crippen LogP contribution is -2.12. The number of hydrogen-bond donors (Lipinski definition) is 0. The SMILES string of the molecule is CCCCCCCCCCOc1ccc(C(=O)Oc2ccc(C(=O)C(C)CCCC(C)C)cc2)cc1. The second-order valence-corrected chi connectivity index (χ2v) is 10.4. The molecule has 2 aromatic carbocycles. The van der Waals surface area contributed by atoms with Gasteiger partial charge in [-0.05, 0) is 67.3 Å². The molecular formula is C32H46O4. The van der Waals surface area contributed by atoms with E-state index < -0.39 is 5.97 Å². The van der Waals surface area contributed by atoms with Crippen LogP contribution in [0, 0.1) is 11.8 Å². The van der Waals surface area contributed by atoms with Crippen molar-refractivity contribution in [2.75, 3.05) is 6.61 Å². The summed E-state index contributed by atoms with van der Waals surface area (Å²) in [6.07, 6.45) is 13.2. The third-order valence-corrected chi connectivity index (χ3v) is 6.57. The van der Waals surface area contributed by atoms with E-state index in [1.807, 2.05) is 19.1 Å². The fraction of sp³-hybridized carbons (Fsp3) is 0.562. The Morgan fingerprint density at radius 1 is 0.667 bits per heavy atom. The molecular weight excluding hydrogens is 448 g/mol. The van der Waals surface area contributed by atoms with Gasteiger partial charge in [0, 0.05) is 11.5 Å². The lowest BCUT2D eigenvalue weighted by atomic mass is 9.93. The molecule has 0 radical (unpaired) electrons. The maximum atomic E-state index is 12.7. The van der Waals surface area contributed by atoms with Crippen LogP contribution in [0.25, 0.3) is 0 Å². The number of rotatable bonds is 18. The highest BCUT2D eigenvalue weighted by Gasteiger charge is 2.16. The van der Waals surface area contributed by atoms with E-state index in [2.05, 4.69) is 20.8 Å². The molecule has 0 aliphatic heterocycles. The molecule has 0 aromatic heterocycles. The van der Waals surface area contributed by atoms with E-state index in [1.54, 1.807) is 36.4 Å². The lowest BCUT2D eigenvalue weighted by Gasteiger charge is -2.12. The van der Waals surface area contributed by atoms with Crippen LogP contribution < -0.4 is 9.47 Å². The van der Waals surface area contributed by atoms with E-state index in [1.165, 1.54) is 44.9 Å². The van der Waals surface area contributed by atoms with Gasteiger partial charge < -0.3 is 9.47 Å². The molecule has 0 aliphatic rings. The average molecular weight is 495 g/mol. The molecule has 0 amide bonds. The smallest absolute Gasteiger partial charge is 0.343 e. The number of Topliss-reactive ketones (excluding diaryl/α,β-unsaturated/α-hetero) is 1. The number of carbonyl (C=O) groups is 2. The first kappa shape index (κ1) is 29.6. The van der Waals surface area contributed by atoms with E-state index in [0.717, 1.165) is 31.4 Å². The van der Waals surface area contributed by atoms with Gasteiger partial charge in [-0.15, -0.1) is 0 Å². The Balaban J connectivity index is 1.72. The molecule has 0 N–H and O–H groups in total. The Kier molecular flexibility index (Phi) is 13.9. The van der Waals surface area contributed by atoms with E-state index in [0.29, 0.717) is 29.4 Å². The van der Waals surface area contributed by atoms with Gasteiger partial charge >= 0.3 is 5.97 Å². The van der Waals surface area contributed by atoms with Gasteiger partial charge in [0.1, 0.15) is 11.5 Å². The molecule has 0 bridgehead atoms. The second-order valence-electron chi connectivity index (χ2n) is 10.4. The first-order chi connectivity index (χ1) is 17.4. The lowest BCUT2D eigenvalue weighted by molar-refractivity contribution is 0.0734. The number of benzene rings is 2. The highest BCUT2D eigenvalue weighted by molar-refractivity contribution is 5.98. The van der Waals surface area contributed by atoms with Crippen molar-refractivity contribution < 1.29 is 19.1 Å². The predicted octanol–water partition coefficient (Wildman–Crippen LogP) is 9.07. The quantitative estimate of drug-likeness (QED) is 0.0897. The molecule has 0 fully saturated rings. The highest BCUT2D eigenvalue weighted by Crippen LogP contribution is 2.21. The number of ether oxygens (including phenoxy) is 2. The van der Waals surface area contributed by atoms with Crippen LogP contribution in [0.4, 0.5) is 0 Å². The van der Waals surface area contributed by atoms with Crippen molar-refractivity contribution in [3.8, 4) is 11.5 Å². The average Bonchev–Trinajstić information content (AvgIpc) is 2.87. The normalized spacial score (nSPS) is 11.9. The maximum absolute atomic E-state index is 12.7. The molecule has 2 rings (SSSR count). The summed E-state index contributed by atoms with van der Waals surface area (Å²) in [6.45, 7) is 9.33. The maximum Gasteiger partial charge on any atom is 0.343 e. The van der Waals surface area contributed by atoms with Gasteiger partial charge in [-0.3, -0.25) is 4.79 Å². The Labute approximate surface area is 218 Å². The van der Waals surface area contributed by atoms with Crippen LogP contribution in [-0.4, -0.2) is 18.4 Å². The number of unbranched alkanes of at least 4 members (excludes halogenated alkanes) is 7. The van der Waals surface area contributed by atoms with Crippen LogP contribution >= 0.6 is 0 Å². The zero-order valence-corrected chi connectivity index (χ0v) is 22.9. The fourth-order valence-corrected chi connectivity index (χ4v) is 4.21. The van der Waals surface area contributed by atoms with Crippen molar-refractivity contribution in [3.63, 3.8) is 0 Å². The minimum atomic E-state index is -0.425. The van der Waals surface area contributed by atoms with Crippen molar-refractivity contribution in [3.05, 3.63) is 59.7 Å². The minimum Gasteiger partial charge on any atom is -0.494 e. The van der Waals surface area contributed by atoms with Gasteiger partial charge in [0.15, 0.2) is 5.78 Å².